The molecular formula is C16H27NO2. The molecule has 3 heteroatoms. The molecule has 2 N–H and O–H groups in total. The zero-order chi connectivity index (χ0) is 13.9. The second-order valence-corrected chi connectivity index (χ2v) is 5.19. The van der Waals surface area contributed by atoms with Gasteiger partial charge in [-0.15, -0.1) is 0 Å². The molecule has 1 unspecified atom stereocenters. The van der Waals surface area contributed by atoms with Gasteiger partial charge in [0.15, 0.2) is 0 Å². The van der Waals surface area contributed by atoms with E-state index >= 15 is 0 Å². The Bertz CT molecular complexity index is 321. The van der Waals surface area contributed by atoms with E-state index in [2.05, 4.69) is 6.92 Å². The van der Waals surface area contributed by atoms with Crippen LogP contribution in [0.25, 0.3) is 0 Å². The average Bonchev–Trinajstić information content (AvgIpc) is 2.42. The number of nitrogens with two attached hydrogens (primary N) is 1. The first-order valence-electron chi connectivity index (χ1n) is 7.54. The zero-order valence-corrected chi connectivity index (χ0v) is 12.1. The molecule has 1 aliphatic rings. The third kappa shape index (κ3) is 7.04. The van der Waals surface area contributed by atoms with Crippen molar-refractivity contribution in [3.63, 3.8) is 0 Å². The molecule has 108 valence electrons. The van der Waals surface area contributed by atoms with Crippen LogP contribution in [0.5, 0.6) is 0 Å². The molecule has 1 rings (SSSR count). The number of carbonyl (C=O) groups is 1. The predicted molar refractivity (Wildman–Crippen MR) is 78.5 cm³/mol. The number of ether oxygens (including phenoxy) is 1. The molecule has 19 heavy (non-hydrogen) atoms. The van der Waals surface area contributed by atoms with E-state index in [1.165, 1.54) is 38.5 Å². The maximum absolute atomic E-state index is 11.1. The molecule has 0 heterocycles. The Labute approximate surface area is 116 Å². The fraction of sp³-hybridized carbons (Fsp3) is 0.688. The van der Waals surface area contributed by atoms with Crippen molar-refractivity contribution in [3.05, 3.63) is 24.0 Å². The second kappa shape index (κ2) is 9.65. The highest BCUT2D eigenvalue weighted by Gasteiger charge is 2.15. The Morgan fingerprint density at radius 2 is 1.95 bits per heavy atom. The number of unbranched alkanes of at least 4 members (excludes halogenated alkanes) is 6. The smallest absolute Gasteiger partial charge is 0.224 e. The molecule has 3 nitrogen and oxygen atoms in total. The van der Waals surface area contributed by atoms with Crippen molar-refractivity contribution < 1.29 is 9.53 Å². The summed E-state index contributed by atoms with van der Waals surface area (Å²) >= 11 is 0. The lowest BCUT2D eigenvalue weighted by Crippen LogP contribution is -2.22. The zero-order valence-electron chi connectivity index (χ0n) is 12.1. The maximum atomic E-state index is 11.1. The van der Waals surface area contributed by atoms with Gasteiger partial charge in [-0.3, -0.25) is 4.79 Å². The quantitative estimate of drug-likeness (QED) is 0.612. The van der Waals surface area contributed by atoms with Crippen LogP contribution >= 0.6 is 0 Å². The van der Waals surface area contributed by atoms with Crippen LogP contribution in [0.2, 0.25) is 0 Å². The van der Waals surface area contributed by atoms with Crippen molar-refractivity contribution in [3.8, 4) is 0 Å². The lowest BCUT2D eigenvalue weighted by Gasteiger charge is -2.14. The van der Waals surface area contributed by atoms with Crippen molar-refractivity contribution >= 4 is 5.91 Å². The molecule has 0 radical (unpaired) electrons. The Kier molecular flexibility index (Phi) is 8.03. The van der Waals surface area contributed by atoms with Gasteiger partial charge in [-0.1, -0.05) is 51.5 Å². The van der Waals surface area contributed by atoms with E-state index in [-0.39, 0.29) is 11.8 Å². The minimum absolute atomic E-state index is 0.200. The van der Waals surface area contributed by atoms with Gasteiger partial charge in [0.25, 0.3) is 0 Å². The van der Waals surface area contributed by atoms with E-state index in [0.29, 0.717) is 6.42 Å². The van der Waals surface area contributed by atoms with Gasteiger partial charge >= 0.3 is 0 Å². The van der Waals surface area contributed by atoms with Crippen LogP contribution in [0.15, 0.2) is 24.0 Å². The van der Waals surface area contributed by atoms with Crippen molar-refractivity contribution in [1.29, 1.82) is 0 Å². The third-order valence-electron chi connectivity index (χ3n) is 3.42. The molecule has 1 aliphatic carbocycles. The number of rotatable bonds is 10. The van der Waals surface area contributed by atoms with Crippen molar-refractivity contribution in [2.75, 3.05) is 6.61 Å². The highest BCUT2D eigenvalue weighted by molar-refractivity contribution is 5.79. The molecule has 0 saturated heterocycles. The van der Waals surface area contributed by atoms with Crippen molar-refractivity contribution in [2.24, 2.45) is 11.7 Å². The fourth-order valence-corrected chi connectivity index (χ4v) is 2.20. The molecule has 0 bridgehead atoms. The standard InChI is InChI=1S/C16H27NO2/c1-2-3-4-5-6-7-8-12-19-15-11-9-10-14(13-15)16(17)18/h9,11,13-14H,2-8,10,12H2,1H3,(H2,17,18). The van der Waals surface area contributed by atoms with Crippen LogP contribution < -0.4 is 5.73 Å². The minimum atomic E-state index is -0.277. The van der Waals surface area contributed by atoms with Gasteiger partial charge < -0.3 is 10.5 Å². The summed E-state index contributed by atoms with van der Waals surface area (Å²) in [7, 11) is 0. The monoisotopic (exact) mass is 265 g/mol. The SMILES string of the molecule is CCCCCCCCCOC1=CC(C(N)=O)CC=C1. The summed E-state index contributed by atoms with van der Waals surface area (Å²) in [5, 5.41) is 0. The minimum Gasteiger partial charge on any atom is -0.494 e. The first kappa shape index (κ1) is 15.8. The van der Waals surface area contributed by atoms with E-state index in [4.69, 9.17) is 10.5 Å². The van der Waals surface area contributed by atoms with Crippen LogP contribution in [0.3, 0.4) is 0 Å². The molecule has 0 spiro atoms. The average molecular weight is 265 g/mol. The van der Waals surface area contributed by atoms with Gasteiger partial charge in [-0.2, -0.15) is 0 Å². The van der Waals surface area contributed by atoms with Crippen LogP contribution in [-0.2, 0) is 9.53 Å². The number of amides is 1. The maximum Gasteiger partial charge on any atom is 0.224 e. The molecule has 0 aromatic carbocycles. The number of carbonyl (C=O) groups excluding carboxylic acids is 1. The number of primary amides is 1. The Morgan fingerprint density at radius 1 is 1.26 bits per heavy atom. The number of hydrogen-bond acceptors (Lipinski definition) is 2. The summed E-state index contributed by atoms with van der Waals surface area (Å²) in [4.78, 5) is 11.1. The van der Waals surface area contributed by atoms with Gasteiger partial charge in [0.2, 0.25) is 5.91 Å². The van der Waals surface area contributed by atoms with Gasteiger partial charge in [-0.05, 0) is 25.0 Å². The van der Waals surface area contributed by atoms with Crippen molar-refractivity contribution in [1.82, 2.24) is 0 Å². The molecule has 0 fully saturated rings. The van der Waals surface area contributed by atoms with E-state index in [1.54, 1.807) is 0 Å². The summed E-state index contributed by atoms with van der Waals surface area (Å²) in [6, 6.07) is 0. The highest BCUT2D eigenvalue weighted by Crippen LogP contribution is 2.17. The van der Waals surface area contributed by atoms with Gasteiger partial charge in [0, 0.05) is 0 Å². The number of hydrogen-bond donors (Lipinski definition) is 1. The number of allylic oxidation sites excluding steroid dienone is 2. The lowest BCUT2D eigenvalue weighted by molar-refractivity contribution is -0.120. The summed E-state index contributed by atoms with van der Waals surface area (Å²) < 4.78 is 5.66. The van der Waals surface area contributed by atoms with E-state index in [9.17, 15) is 4.79 Å². The van der Waals surface area contributed by atoms with E-state index in [1.807, 2.05) is 18.2 Å². The van der Waals surface area contributed by atoms with Crippen LogP contribution in [-0.4, -0.2) is 12.5 Å². The fourth-order valence-electron chi connectivity index (χ4n) is 2.20. The molecule has 1 atom stereocenters. The van der Waals surface area contributed by atoms with Gasteiger partial charge in [0.1, 0.15) is 5.76 Å². The Morgan fingerprint density at radius 3 is 2.63 bits per heavy atom. The molecule has 0 aromatic heterocycles. The van der Waals surface area contributed by atoms with E-state index < -0.39 is 0 Å². The summed E-state index contributed by atoms with van der Waals surface area (Å²) in [5.74, 6) is 0.316. The van der Waals surface area contributed by atoms with Crippen LogP contribution in [0, 0.1) is 5.92 Å². The first-order chi connectivity index (χ1) is 9.24. The topological polar surface area (TPSA) is 52.3 Å². The first-order valence-corrected chi connectivity index (χ1v) is 7.54. The summed E-state index contributed by atoms with van der Waals surface area (Å²) in [6.07, 6.45) is 15.3. The largest absolute Gasteiger partial charge is 0.494 e. The molecule has 0 aromatic rings. The second-order valence-electron chi connectivity index (χ2n) is 5.19. The van der Waals surface area contributed by atoms with Gasteiger partial charge in [0.05, 0.1) is 12.5 Å². The molecule has 0 saturated carbocycles. The summed E-state index contributed by atoms with van der Waals surface area (Å²) in [6.45, 7) is 2.97. The van der Waals surface area contributed by atoms with E-state index in [0.717, 1.165) is 18.8 Å². The summed E-state index contributed by atoms with van der Waals surface area (Å²) in [5.41, 5.74) is 5.29. The third-order valence-corrected chi connectivity index (χ3v) is 3.42. The molecule has 0 aliphatic heterocycles. The van der Waals surface area contributed by atoms with Crippen molar-refractivity contribution in [2.45, 2.75) is 58.3 Å². The van der Waals surface area contributed by atoms with Crippen LogP contribution in [0.1, 0.15) is 58.3 Å². The van der Waals surface area contributed by atoms with Crippen LogP contribution in [0.4, 0.5) is 0 Å². The predicted octanol–water partition coefficient (Wildman–Crippen LogP) is 3.70. The lowest BCUT2D eigenvalue weighted by atomic mass is 9.99. The Balaban J connectivity index is 2.06. The van der Waals surface area contributed by atoms with Gasteiger partial charge in [-0.25, -0.2) is 0 Å². The Hall–Kier alpha value is -1.25. The molecular weight excluding hydrogens is 238 g/mol. The normalized spacial score (nSPS) is 18.2. The highest BCUT2D eigenvalue weighted by atomic mass is 16.5. The molecule has 1 amide bonds.